The van der Waals surface area contributed by atoms with Gasteiger partial charge in [0.2, 0.25) is 0 Å². The molecule has 1 aliphatic heterocycles. The molecule has 0 bridgehead atoms. The predicted molar refractivity (Wildman–Crippen MR) is 88.4 cm³/mol. The maximum atomic E-state index is 12.3. The fourth-order valence-corrected chi connectivity index (χ4v) is 3.84. The van der Waals surface area contributed by atoms with Crippen LogP contribution in [0, 0.1) is 11.3 Å². The Bertz CT molecular complexity index is 630. The van der Waals surface area contributed by atoms with Crippen molar-refractivity contribution in [1.82, 2.24) is 14.7 Å². The Labute approximate surface area is 146 Å². The number of hydrogen-bond acceptors (Lipinski definition) is 4. The molecule has 0 aliphatic carbocycles. The van der Waals surface area contributed by atoms with Gasteiger partial charge in [-0.15, -0.1) is 0 Å². The van der Waals surface area contributed by atoms with E-state index in [1.165, 1.54) is 0 Å². The zero-order chi connectivity index (χ0) is 16.7. The number of ether oxygens (including phenoxy) is 1. The van der Waals surface area contributed by atoms with Crippen LogP contribution in [0.4, 0.5) is 4.79 Å². The monoisotopic (exact) mass is 432 g/mol. The molecule has 0 saturated carbocycles. The average molecular weight is 434 g/mol. The first kappa shape index (κ1) is 17.3. The molecule has 1 aromatic heterocycles. The first-order chi connectivity index (χ1) is 10.1. The smallest absolute Gasteiger partial charge is 0.410 e. The Morgan fingerprint density at radius 1 is 1.45 bits per heavy atom. The number of aromatic nitrogens is 2. The Balaban J connectivity index is 2.18. The third-order valence-corrected chi connectivity index (χ3v) is 4.76. The molecule has 1 aliphatic rings. The van der Waals surface area contributed by atoms with Crippen molar-refractivity contribution >= 4 is 38.0 Å². The topological polar surface area (TPSA) is 71.2 Å². The number of carbonyl (C=O) groups excluding carboxylic acids is 1. The molecule has 2 rings (SSSR count). The van der Waals surface area contributed by atoms with Gasteiger partial charge in [0, 0.05) is 12.6 Å². The number of rotatable bonds is 1. The normalized spacial score (nSPS) is 21.8. The van der Waals surface area contributed by atoms with Crippen LogP contribution in [0.1, 0.15) is 45.7 Å². The van der Waals surface area contributed by atoms with Crippen LogP contribution in [-0.2, 0) is 4.74 Å². The molecule has 0 radical (unpaired) electrons. The van der Waals surface area contributed by atoms with Crippen molar-refractivity contribution in [1.29, 1.82) is 5.26 Å². The van der Waals surface area contributed by atoms with E-state index in [2.05, 4.69) is 43.0 Å². The standard InChI is InChI=1S/C14H18Br2N4O2/c1-8-5-9(7-19(8)13(21)22-14(2,3)4)20-12(16)10(6-17)11(15)18-20/h8-9H,5,7H2,1-4H3/t8-,9?/m0/s1. The van der Waals surface area contributed by atoms with E-state index in [0.29, 0.717) is 21.3 Å². The van der Waals surface area contributed by atoms with E-state index < -0.39 is 5.60 Å². The van der Waals surface area contributed by atoms with Gasteiger partial charge in [0.05, 0.1) is 6.04 Å². The molecule has 1 saturated heterocycles. The van der Waals surface area contributed by atoms with Gasteiger partial charge in [0.25, 0.3) is 0 Å². The Morgan fingerprint density at radius 2 is 2.09 bits per heavy atom. The first-order valence-corrected chi connectivity index (χ1v) is 8.56. The molecule has 1 fully saturated rings. The molecule has 2 heterocycles. The summed E-state index contributed by atoms with van der Waals surface area (Å²) in [7, 11) is 0. The van der Waals surface area contributed by atoms with Gasteiger partial charge in [-0.3, -0.25) is 4.68 Å². The van der Waals surface area contributed by atoms with Gasteiger partial charge in [0.15, 0.2) is 0 Å². The van der Waals surface area contributed by atoms with Crippen LogP contribution in [0.5, 0.6) is 0 Å². The lowest BCUT2D eigenvalue weighted by Gasteiger charge is -2.26. The molecule has 22 heavy (non-hydrogen) atoms. The van der Waals surface area contributed by atoms with Gasteiger partial charge in [-0.05, 0) is 66.0 Å². The van der Waals surface area contributed by atoms with Crippen molar-refractivity contribution in [3.63, 3.8) is 0 Å². The Hall–Kier alpha value is -1.07. The number of likely N-dealkylation sites (tertiary alicyclic amines) is 1. The van der Waals surface area contributed by atoms with E-state index in [1.807, 2.05) is 27.7 Å². The predicted octanol–water partition coefficient (Wildman–Crippen LogP) is 3.85. The number of carbonyl (C=O) groups is 1. The summed E-state index contributed by atoms with van der Waals surface area (Å²) in [6.45, 7) is 8.05. The second kappa shape index (κ2) is 6.20. The van der Waals surface area contributed by atoms with Gasteiger partial charge in [-0.25, -0.2) is 4.79 Å². The second-order valence-electron chi connectivity index (χ2n) is 6.38. The Kier molecular flexibility index (Phi) is 4.87. The zero-order valence-corrected chi connectivity index (χ0v) is 16.1. The summed E-state index contributed by atoms with van der Waals surface area (Å²) in [5.74, 6) is 0. The quantitative estimate of drug-likeness (QED) is 0.674. The van der Waals surface area contributed by atoms with Crippen LogP contribution in [0.2, 0.25) is 0 Å². The van der Waals surface area contributed by atoms with Crippen molar-refractivity contribution in [3.8, 4) is 6.07 Å². The maximum absolute atomic E-state index is 12.3. The SMILES string of the molecule is C[C@H]1CC(n2nc(Br)c(C#N)c2Br)CN1C(=O)OC(C)(C)C. The molecule has 1 aromatic rings. The summed E-state index contributed by atoms with van der Waals surface area (Å²) >= 11 is 6.70. The summed E-state index contributed by atoms with van der Waals surface area (Å²) in [6.07, 6.45) is 0.446. The highest BCUT2D eigenvalue weighted by Gasteiger charge is 2.37. The van der Waals surface area contributed by atoms with Crippen LogP contribution in [0.3, 0.4) is 0 Å². The summed E-state index contributed by atoms with van der Waals surface area (Å²) < 4.78 is 8.33. The van der Waals surface area contributed by atoms with Crippen LogP contribution in [0.25, 0.3) is 0 Å². The number of nitrogens with zero attached hydrogens (tertiary/aromatic N) is 4. The maximum Gasteiger partial charge on any atom is 0.410 e. The minimum Gasteiger partial charge on any atom is -0.444 e. The van der Waals surface area contributed by atoms with E-state index >= 15 is 0 Å². The summed E-state index contributed by atoms with van der Waals surface area (Å²) in [5, 5.41) is 13.5. The fraction of sp³-hybridized carbons (Fsp3) is 0.643. The third-order valence-electron chi connectivity index (χ3n) is 3.45. The van der Waals surface area contributed by atoms with Gasteiger partial charge in [-0.2, -0.15) is 10.4 Å². The molecule has 6 nitrogen and oxygen atoms in total. The van der Waals surface area contributed by atoms with Gasteiger partial charge in [-0.1, -0.05) is 0 Å². The van der Waals surface area contributed by atoms with Crippen molar-refractivity contribution in [2.24, 2.45) is 0 Å². The molecule has 0 spiro atoms. The van der Waals surface area contributed by atoms with Crippen molar-refractivity contribution in [2.75, 3.05) is 6.54 Å². The average Bonchev–Trinajstić information content (AvgIpc) is 2.88. The highest BCUT2D eigenvalue weighted by atomic mass is 79.9. The number of hydrogen-bond donors (Lipinski definition) is 0. The van der Waals surface area contributed by atoms with Crippen LogP contribution in [0.15, 0.2) is 9.21 Å². The van der Waals surface area contributed by atoms with Gasteiger partial charge in [0.1, 0.15) is 26.4 Å². The van der Waals surface area contributed by atoms with E-state index in [0.717, 1.165) is 6.42 Å². The molecule has 0 aromatic carbocycles. The molecular weight excluding hydrogens is 416 g/mol. The van der Waals surface area contributed by atoms with Crippen molar-refractivity contribution in [3.05, 3.63) is 14.8 Å². The summed E-state index contributed by atoms with van der Waals surface area (Å²) in [6, 6.07) is 2.17. The Morgan fingerprint density at radius 3 is 2.59 bits per heavy atom. The minimum absolute atomic E-state index is 0.00953. The number of amides is 1. The van der Waals surface area contributed by atoms with Crippen molar-refractivity contribution < 1.29 is 9.53 Å². The molecule has 2 atom stereocenters. The van der Waals surface area contributed by atoms with Crippen molar-refractivity contribution in [2.45, 2.75) is 51.8 Å². The lowest BCUT2D eigenvalue weighted by atomic mass is 10.2. The zero-order valence-electron chi connectivity index (χ0n) is 12.9. The van der Waals surface area contributed by atoms with E-state index in [9.17, 15) is 4.79 Å². The minimum atomic E-state index is -0.516. The van der Waals surface area contributed by atoms with Crippen LogP contribution >= 0.6 is 31.9 Å². The number of halogens is 2. The van der Waals surface area contributed by atoms with Crippen LogP contribution < -0.4 is 0 Å². The summed E-state index contributed by atoms with van der Waals surface area (Å²) in [4.78, 5) is 14.0. The number of nitriles is 1. The molecule has 1 unspecified atom stereocenters. The third kappa shape index (κ3) is 3.46. The molecule has 120 valence electrons. The van der Waals surface area contributed by atoms with Gasteiger partial charge < -0.3 is 9.64 Å². The largest absolute Gasteiger partial charge is 0.444 e. The highest BCUT2D eigenvalue weighted by Crippen LogP contribution is 2.33. The highest BCUT2D eigenvalue weighted by molar-refractivity contribution is 9.11. The first-order valence-electron chi connectivity index (χ1n) is 6.97. The van der Waals surface area contributed by atoms with Crippen LogP contribution in [-0.4, -0.2) is 39.0 Å². The van der Waals surface area contributed by atoms with E-state index in [4.69, 9.17) is 10.00 Å². The molecule has 1 amide bonds. The fourth-order valence-electron chi connectivity index (χ4n) is 2.48. The lowest BCUT2D eigenvalue weighted by Crippen LogP contribution is -2.38. The van der Waals surface area contributed by atoms with E-state index in [-0.39, 0.29) is 18.2 Å². The summed E-state index contributed by atoms with van der Waals surface area (Å²) in [5.41, 5.74) is -0.0542. The lowest BCUT2D eigenvalue weighted by molar-refractivity contribution is 0.0234. The van der Waals surface area contributed by atoms with E-state index in [1.54, 1.807) is 9.58 Å². The molecule has 8 heteroatoms. The molecule has 0 N–H and O–H groups in total. The second-order valence-corrected chi connectivity index (χ2v) is 7.89. The van der Waals surface area contributed by atoms with Gasteiger partial charge >= 0.3 is 6.09 Å². The molecular formula is C14H18Br2N4O2.